The zero-order valence-corrected chi connectivity index (χ0v) is 7.68. The molecule has 0 fully saturated rings. The SMILES string of the molecule is CC(=Cc1cnc(C)s1)C(=O)O. The number of aryl methyl sites for hydroxylation is 1. The molecule has 1 rings (SSSR count). The van der Waals surface area contributed by atoms with Crippen molar-refractivity contribution < 1.29 is 9.90 Å². The number of aliphatic carboxylic acids is 1. The molecule has 1 aromatic heterocycles. The van der Waals surface area contributed by atoms with E-state index in [0.717, 1.165) is 9.88 Å². The first-order valence-corrected chi connectivity index (χ1v) is 4.25. The second-order valence-corrected chi connectivity index (χ2v) is 3.68. The topological polar surface area (TPSA) is 50.2 Å². The van der Waals surface area contributed by atoms with Crippen molar-refractivity contribution in [1.29, 1.82) is 0 Å². The second kappa shape index (κ2) is 3.49. The molecule has 0 unspecified atom stereocenters. The van der Waals surface area contributed by atoms with Crippen LogP contribution in [0.3, 0.4) is 0 Å². The Morgan fingerprint density at radius 3 is 2.83 bits per heavy atom. The number of aromatic nitrogens is 1. The molecule has 64 valence electrons. The third-order valence-electron chi connectivity index (χ3n) is 1.34. The van der Waals surface area contributed by atoms with E-state index in [0.29, 0.717) is 5.57 Å². The first kappa shape index (κ1) is 8.93. The van der Waals surface area contributed by atoms with Crippen molar-refractivity contribution in [3.05, 3.63) is 21.7 Å². The smallest absolute Gasteiger partial charge is 0.331 e. The summed E-state index contributed by atoms with van der Waals surface area (Å²) < 4.78 is 0. The lowest BCUT2D eigenvalue weighted by Gasteiger charge is -1.88. The average Bonchev–Trinajstić information content (AvgIpc) is 2.35. The standard InChI is InChI=1S/C8H9NO2S/c1-5(8(10)11)3-7-4-9-6(2)12-7/h3-4H,1-2H3,(H,10,11). The number of carbonyl (C=O) groups is 1. The Morgan fingerprint density at radius 2 is 2.42 bits per heavy atom. The third kappa shape index (κ3) is 2.17. The van der Waals surface area contributed by atoms with Crippen LogP contribution in [0.15, 0.2) is 11.8 Å². The molecule has 0 saturated carbocycles. The molecule has 3 nitrogen and oxygen atoms in total. The van der Waals surface area contributed by atoms with E-state index < -0.39 is 5.97 Å². The molecule has 0 saturated heterocycles. The van der Waals surface area contributed by atoms with Gasteiger partial charge in [0.2, 0.25) is 0 Å². The molecule has 12 heavy (non-hydrogen) atoms. The van der Waals surface area contributed by atoms with E-state index in [1.807, 2.05) is 6.92 Å². The molecule has 1 N–H and O–H groups in total. The molecule has 0 aliphatic heterocycles. The monoisotopic (exact) mass is 183 g/mol. The number of carboxylic acid groups (broad SMARTS) is 1. The molecule has 0 aromatic carbocycles. The fourth-order valence-electron chi connectivity index (χ4n) is 0.720. The van der Waals surface area contributed by atoms with E-state index in [1.165, 1.54) is 11.3 Å². The van der Waals surface area contributed by atoms with Crippen LogP contribution in [0.4, 0.5) is 0 Å². The summed E-state index contributed by atoms with van der Waals surface area (Å²) in [5.74, 6) is -0.888. The predicted molar refractivity (Wildman–Crippen MR) is 48.1 cm³/mol. The van der Waals surface area contributed by atoms with E-state index in [-0.39, 0.29) is 0 Å². The van der Waals surface area contributed by atoms with Crippen molar-refractivity contribution in [2.24, 2.45) is 0 Å². The first-order chi connectivity index (χ1) is 5.59. The van der Waals surface area contributed by atoms with Crippen LogP contribution in [0.2, 0.25) is 0 Å². The number of hydrogen-bond donors (Lipinski definition) is 1. The van der Waals surface area contributed by atoms with Crippen LogP contribution in [0.25, 0.3) is 6.08 Å². The summed E-state index contributed by atoms with van der Waals surface area (Å²) >= 11 is 1.48. The molecular weight excluding hydrogens is 174 g/mol. The highest BCUT2D eigenvalue weighted by Gasteiger charge is 2.01. The molecule has 0 aliphatic carbocycles. The fourth-order valence-corrected chi connectivity index (χ4v) is 1.51. The van der Waals surface area contributed by atoms with Gasteiger partial charge in [-0.2, -0.15) is 0 Å². The number of nitrogens with zero attached hydrogens (tertiary/aromatic N) is 1. The molecule has 0 atom stereocenters. The maximum Gasteiger partial charge on any atom is 0.331 e. The van der Waals surface area contributed by atoms with Gasteiger partial charge in [-0.25, -0.2) is 9.78 Å². The lowest BCUT2D eigenvalue weighted by atomic mass is 10.3. The van der Waals surface area contributed by atoms with Crippen LogP contribution >= 0.6 is 11.3 Å². The van der Waals surface area contributed by atoms with Crippen LogP contribution in [0, 0.1) is 6.92 Å². The molecule has 1 heterocycles. The lowest BCUT2D eigenvalue weighted by molar-refractivity contribution is -0.132. The summed E-state index contributed by atoms with van der Waals surface area (Å²) in [4.78, 5) is 15.3. The minimum Gasteiger partial charge on any atom is -0.478 e. The Hall–Kier alpha value is -1.16. The number of hydrogen-bond acceptors (Lipinski definition) is 3. The van der Waals surface area contributed by atoms with E-state index in [2.05, 4.69) is 4.98 Å². The maximum absolute atomic E-state index is 10.4. The first-order valence-electron chi connectivity index (χ1n) is 3.43. The van der Waals surface area contributed by atoms with Gasteiger partial charge in [-0.15, -0.1) is 11.3 Å². The van der Waals surface area contributed by atoms with Crippen molar-refractivity contribution >= 4 is 23.4 Å². The van der Waals surface area contributed by atoms with Gasteiger partial charge in [-0.1, -0.05) is 0 Å². The third-order valence-corrected chi connectivity index (χ3v) is 2.20. The largest absolute Gasteiger partial charge is 0.478 e. The Bertz CT molecular complexity index is 328. The highest BCUT2D eigenvalue weighted by Crippen LogP contribution is 2.15. The average molecular weight is 183 g/mol. The van der Waals surface area contributed by atoms with E-state index in [9.17, 15) is 4.79 Å². The van der Waals surface area contributed by atoms with Crippen LogP contribution in [0.1, 0.15) is 16.8 Å². The van der Waals surface area contributed by atoms with Gasteiger partial charge in [0, 0.05) is 16.6 Å². The normalized spacial score (nSPS) is 11.7. The molecule has 1 aromatic rings. The minimum absolute atomic E-state index is 0.332. The Labute approximate surface area is 74.4 Å². The quantitative estimate of drug-likeness (QED) is 0.713. The van der Waals surface area contributed by atoms with Gasteiger partial charge in [-0.3, -0.25) is 0 Å². The summed E-state index contributed by atoms with van der Waals surface area (Å²) in [6, 6.07) is 0. The van der Waals surface area contributed by atoms with Crippen LogP contribution in [0.5, 0.6) is 0 Å². The van der Waals surface area contributed by atoms with Crippen molar-refractivity contribution in [3.8, 4) is 0 Å². The van der Waals surface area contributed by atoms with Gasteiger partial charge in [-0.05, 0) is 19.9 Å². The Morgan fingerprint density at radius 1 is 1.75 bits per heavy atom. The van der Waals surface area contributed by atoms with Gasteiger partial charge in [0.25, 0.3) is 0 Å². The number of rotatable bonds is 2. The highest BCUT2D eigenvalue weighted by atomic mass is 32.1. The van der Waals surface area contributed by atoms with Gasteiger partial charge in [0.05, 0.1) is 5.01 Å². The van der Waals surface area contributed by atoms with Gasteiger partial charge < -0.3 is 5.11 Å². The summed E-state index contributed by atoms with van der Waals surface area (Å²) in [6.07, 6.45) is 3.29. The number of thiazole rings is 1. The molecule has 0 bridgehead atoms. The zero-order valence-electron chi connectivity index (χ0n) is 6.87. The highest BCUT2D eigenvalue weighted by molar-refractivity contribution is 7.12. The second-order valence-electron chi connectivity index (χ2n) is 2.41. The fraction of sp³-hybridized carbons (Fsp3) is 0.250. The molecule has 0 radical (unpaired) electrons. The van der Waals surface area contributed by atoms with Crippen molar-refractivity contribution in [2.75, 3.05) is 0 Å². The number of carboxylic acids is 1. The molecular formula is C8H9NO2S. The zero-order chi connectivity index (χ0) is 9.14. The van der Waals surface area contributed by atoms with Crippen molar-refractivity contribution in [1.82, 2.24) is 4.98 Å². The van der Waals surface area contributed by atoms with E-state index >= 15 is 0 Å². The van der Waals surface area contributed by atoms with Crippen LogP contribution < -0.4 is 0 Å². The summed E-state index contributed by atoms with van der Waals surface area (Å²) in [6.45, 7) is 3.45. The van der Waals surface area contributed by atoms with Crippen LogP contribution in [-0.4, -0.2) is 16.1 Å². The lowest BCUT2D eigenvalue weighted by Crippen LogP contribution is -1.94. The van der Waals surface area contributed by atoms with Gasteiger partial charge >= 0.3 is 5.97 Å². The van der Waals surface area contributed by atoms with Crippen molar-refractivity contribution in [3.63, 3.8) is 0 Å². The maximum atomic E-state index is 10.4. The predicted octanol–water partition coefficient (Wildman–Crippen LogP) is 1.94. The van der Waals surface area contributed by atoms with E-state index in [1.54, 1.807) is 19.2 Å². The van der Waals surface area contributed by atoms with Crippen LogP contribution in [-0.2, 0) is 4.79 Å². The Balaban J connectivity index is 2.87. The summed E-state index contributed by atoms with van der Waals surface area (Å²) in [7, 11) is 0. The summed E-state index contributed by atoms with van der Waals surface area (Å²) in [5.41, 5.74) is 0.332. The molecule has 0 spiro atoms. The van der Waals surface area contributed by atoms with Gasteiger partial charge in [0.15, 0.2) is 0 Å². The molecule has 0 amide bonds. The molecule has 0 aliphatic rings. The van der Waals surface area contributed by atoms with Crippen molar-refractivity contribution in [2.45, 2.75) is 13.8 Å². The summed E-state index contributed by atoms with van der Waals surface area (Å²) in [5, 5.41) is 9.51. The van der Waals surface area contributed by atoms with Gasteiger partial charge in [0.1, 0.15) is 0 Å². The van der Waals surface area contributed by atoms with E-state index in [4.69, 9.17) is 5.11 Å². The molecule has 4 heteroatoms. The Kier molecular flexibility index (Phi) is 2.60. The minimum atomic E-state index is -0.888.